The van der Waals surface area contributed by atoms with Crippen LogP contribution in [0.15, 0.2) is 28.7 Å². The second-order valence-corrected chi connectivity index (χ2v) is 5.48. The Hall–Kier alpha value is -1.60. The summed E-state index contributed by atoms with van der Waals surface area (Å²) in [5.41, 5.74) is 0. The number of aliphatic carboxylic acids is 1. The van der Waals surface area contributed by atoms with E-state index in [2.05, 4.69) is 21.2 Å². The van der Waals surface area contributed by atoms with Gasteiger partial charge in [-0.3, -0.25) is 4.79 Å². The van der Waals surface area contributed by atoms with Crippen LogP contribution in [-0.2, 0) is 14.3 Å². The zero-order valence-corrected chi connectivity index (χ0v) is 14.0. The van der Waals surface area contributed by atoms with Gasteiger partial charge in [0.25, 0.3) is 0 Å². The Balaban J connectivity index is 2.27. The van der Waals surface area contributed by atoms with Gasteiger partial charge in [0.1, 0.15) is 11.8 Å². The Morgan fingerprint density at radius 1 is 1.32 bits per heavy atom. The van der Waals surface area contributed by atoms with Crippen molar-refractivity contribution in [3.63, 3.8) is 0 Å². The standard InChI is InChI=1S/C15H20BrNO5/c1-21-10-8-12(15(19)20)17-14(18)7-4-9-22-13-6-3-2-5-11(13)16/h2-3,5-6,12H,4,7-10H2,1H3,(H,17,18)(H,19,20). The average Bonchev–Trinajstić information content (AvgIpc) is 2.49. The Bertz CT molecular complexity index is 495. The summed E-state index contributed by atoms with van der Waals surface area (Å²) in [4.78, 5) is 22.7. The van der Waals surface area contributed by atoms with E-state index in [9.17, 15) is 9.59 Å². The van der Waals surface area contributed by atoms with E-state index in [1.54, 1.807) is 0 Å². The van der Waals surface area contributed by atoms with Crippen LogP contribution < -0.4 is 10.1 Å². The van der Waals surface area contributed by atoms with Crippen molar-refractivity contribution in [2.75, 3.05) is 20.3 Å². The molecule has 0 aliphatic heterocycles. The van der Waals surface area contributed by atoms with Crippen molar-refractivity contribution in [3.8, 4) is 5.75 Å². The number of benzene rings is 1. The number of hydrogen-bond donors (Lipinski definition) is 2. The first-order chi connectivity index (χ1) is 10.5. The molecule has 1 atom stereocenters. The minimum absolute atomic E-state index is 0.210. The first-order valence-electron chi connectivity index (χ1n) is 6.93. The smallest absolute Gasteiger partial charge is 0.326 e. The van der Waals surface area contributed by atoms with Gasteiger partial charge in [-0.05, 0) is 34.5 Å². The van der Waals surface area contributed by atoms with Crippen molar-refractivity contribution in [2.45, 2.75) is 25.3 Å². The number of carboxylic acid groups (broad SMARTS) is 1. The van der Waals surface area contributed by atoms with E-state index in [4.69, 9.17) is 14.6 Å². The lowest BCUT2D eigenvalue weighted by Gasteiger charge is -2.14. The molecule has 0 radical (unpaired) electrons. The molecule has 0 aliphatic carbocycles. The third-order valence-corrected chi connectivity index (χ3v) is 3.54. The number of carbonyl (C=O) groups is 2. The van der Waals surface area contributed by atoms with Crippen LogP contribution in [0.2, 0.25) is 0 Å². The highest BCUT2D eigenvalue weighted by atomic mass is 79.9. The normalized spacial score (nSPS) is 11.7. The first-order valence-corrected chi connectivity index (χ1v) is 7.72. The van der Waals surface area contributed by atoms with E-state index < -0.39 is 12.0 Å². The van der Waals surface area contributed by atoms with Gasteiger partial charge in [-0.25, -0.2) is 4.79 Å². The maximum Gasteiger partial charge on any atom is 0.326 e. The molecule has 0 heterocycles. The molecule has 2 N–H and O–H groups in total. The molecule has 0 saturated heterocycles. The molecule has 122 valence electrons. The maximum absolute atomic E-state index is 11.7. The molecule has 1 aromatic carbocycles. The van der Waals surface area contributed by atoms with Crippen molar-refractivity contribution >= 4 is 27.8 Å². The van der Waals surface area contributed by atoms with Gasteiger partial charge < -0.3 is 19.9 Å². The third-order valence-electron chi connectivity index (χ3n) is 2.89. The van der Waals surface area contributed by atoms with Crippen LogP contribution in [-0.4, -0.2) is 43.3 Å². The number of carbonyl (C=O) groups excluding carboxylic acids is 1. The van der Waals surface area contributed by atoms with Gasteiger partial charge >= 0.3 is 5.97 Å². The lowest BCUT2D eigenvalue weighted by atomic mass is 10.2. The molecule has 0 spiro atoms. The van der Waals surface area contributed by atoms with E-state index in [1.807, 2.05) is 24.3 Å². The topological polar surface area (TPSA) is 84.9 Å². The lowest BCUT2D eigenvalue weighted by molar-refractivity contribution is -0.142. The van der Waals surface area contributed by atoms with E-state index in [-0.39, 0.29) is 25.4 Å². The number of nitrogens with one attached hydrogen (secondary N) is 1. The minimum atomic E-state index is -1.06. The highest BCUT2D eigenvalue weighted by Gasteiger charge is 2.19. The summed E-state index contributed by atoms with van der Waals surface area (Å²) in [7, 11) is 1.49. The van der Waals surface area contributed by atoms with E-state index in [0.29, 0.717) is 18.8 Å². The van der Waals surface area contributed by atoms with E-state index in [0.717, 1.165) is 4.47 Å². The number of amides is 1. The van der Waals surface area contributed by atoms with Crippen LogP contribution in [0, 0.1) is 0 Å². The molecular formula is C15H20BrNO5. The van der Waals surface area contributed by atoms with Crippen molar-refractivity contribution in [1.29, 1.82) is 0 Å². The molecule has 22 heavy (non-hydrogen) atoms. The number of rotatable bonds is 10. The zero-order valence-electron chi connectivity index (χ0n) is 12.4. The molecule has 6 nitrogen and oxygen atoms in total. The average molecular weight is 374 g/mol. The molecular weight excluding hydrogens is 354 g/mol. The van der Waals surface area contributed by atoms with Crippen molar-refractivity contribution in [2.24, 2.45) is 0 Å². The number of carboxylic acids is 1. The van der Waals surface area contributed by atoms with Crippen molar-refractivity contribution in [3.05, 3.63) is 28.7 Å². The largest absolute Gasteiger partial charge is 0.492 e. The fraction of sp³-hybridized carbons (Fsp3) is 0.467. The van der Waals surface area contributed by atoms with Gasteiger partial charge in [0.05, 0.1) is 11.1 Å². The van der Waals surface area contributed by atoms with Crippen LogP contribution in [0.5, 0.6) is 5.75 Å². The molecule has 0 bridgehead atoms. The highest BCUT2D eigenvalue weighted by molar-refractivity contribution is 9.10. The van der Waals surface area contributed by atoms with Crippen LogP contribution in [0.25, 0.3) is 0 Å². The number of methoxy groups -OCH3 is 1. The number of ether oxygens (including phenoxy) is 2. The lowest BCUT2D eigenvalue weighted by Crippen LogP contribution is -2.41. The molecule has 1 unspecified atom stereocenters. The zero-order chi connectivity index (χ0) is 16.4. The quantitative estimate of drug-likeness (QED) is 0.614. The minimum Gasteiger partial charge on any atom is -0.492 e. The fourth-order valence-electron chi connectivity index (χ4n) is 1.74. The first kappa shape index (κ1) is 18.4. The summed E-state index contributed by atoms with van der Waals surface area (Å²) in [6, 6.07) is 6.53. The third kappa shape index (κ3) is 6.91. The molecule has 0 saturated carbocycles. The summed E-state index contributed by atoms with van der Waals surface area (Å²) in [6.45, 7) is 0.661. The van der Waals surface area contributed by atoms with Gasteiger partial charge in [0, 0.05) is 26.6 Å². The number of hydrogen-bond acceptors (Lipinski definition) is 4. The maximum atomic E-state index is 11.7. The van der Waals surface area contributed by atoms with E-state index in [1.165, 1.54) is 7.11 Å². The summed E-state index contributed by atoms with van der Waals surface area (Å²) in [5.74, 6) is -0.652. The van der Waals surface area contributed by atoms with Crippen LogP contribution in [0.3, 0.4) is 0 Å². The molecule has 0 aliphatic rings. The van der Waals surface area contributed by atoms with Crippen molar-refractivity contribution in [1.82, 2.24) is 5.32 Å². The SMILES string of the molecule is COCCC(NC(=O)CCCOc1ccccc1Br)C(=O)O. The Kier molecular flexibility index (Phi) is 8.54. The second kappa shape index (κ2) is 10.2. The van der Waals surface area contributed by atoms with Crippen LogP contribution in [0.1, 0.15) is 19.3 Å². The van der Waals surface area contributed by atoms with Crippen molar-refractivity contribution < 1.29 is 24.2 Å². The van der Waals surface area contributed by atoms with Gasteiger partial charge in [0.2, 0.25) is 5.91 Å². The molecule has 1 aromatic rings. The summed E-state index contributed by atoms with van der Waals surface area (Å²) >= 11 is 3.37. The predicted molar refractivity (Wildman–Crippen MR) is 84.9 cm³/mol. The summed E-state index contributed by atoms with van der Waals surface area (Å²) in [6.07, 6.45) is 0.954. The van der Waals surface area contributed by atoms with Crippen LogP contribution >= 0.6 is 15.9 Å². The van der Waals surface area contributed by atoms with E-state index >= 15 is 0 Å². The molecule has 7 heteroatoms. The van der Waals surface area contributed by atoms with Gasteiger partial charge in [-0.15, -0.1) is 0 Å². The summed E-state index contributed by atoms with van der Waals surface area (Å²) in [5, 5.41) is 11.5. The molecule has 0 aromatic heterocycles. The second-order valence-electron chi connectivity index (χ2n) is 4.62. The van der Waals surface area contributed by atoms with Gasteiger partial charge in [-0.1, -0.05) is 12.1 Å². The van der Waals surface area contributed by atoms with Gasteiger partial charge in [0.15, 0.2) is 0 Å². The highest BCUT2D eigenvalue weighted by Crippen LogP contribution is 2.23. The number of halogens is 1. The Morgan fingerprint density at radius 2 is 2.05 bits per heavy atom. The monoisotopic (exact) mass is 373 g/mol. The molecule has 1 amide bonds. The number of para-hydroxylation sites is 1. The molecule has 1 rings (SSSR count). The van der Waals surface area contributed by atoms with Crippen LogP contribution in [0.4, 0.5) is 0 Å². The fourth-order valence-corrected chi connectivity index (χ4v) is 2.14. The van der Waals surface area contributed by atoms with Gasteiger partial charge in [-0.2, -0.15) is 0 Å². The summed E-state index contributed by atoms with van der Waals surface area (Å²) < 4.78 is 11.2. The Morgan fingerprint density at radius 3 is 2.68 bits per heavy atom. The predicted octanol–water partition coefficient (Wildman–Crippen LogP) is 2.21. The Labute approximate surface area is 137 Å². The molecule has 0 fully saturated rings.